The number of nitrogens with zero attached hydrogens (tertiary/aromatic N) is 2. The van der Waals surface area contributed by atoms with Crippen molar-refractivity contribution in [1.82, 2.24) is 9.97 Å². The molecule has 4 rings (SSSR count). The molecule has 2 N–H and O–H groups in total. The monoisotopic (exact) mass is 482 g/mol. The summed E-state index contributed by atoms with van der Waals surface area (Å²) in [5.41, 5.74) is 1.05. The van der Waals surface area contributed by atoms with Crippen LogP contribution in [0.5, 0.6) is 0 Å². The largest absolute Gasteiger partial charge is 0.322 e. The zero-order valence-corrected chi connectivity index (χ0v) is 19.1. The summed E-state index contributed by atoms with van der Waals surface area (Å²) in [7, 11) is -3.84. The van der Waals surface area contributed by atoms with Crippen molar-refractivity contribution in [1.29, 1.82) is 0 Å². The molecule has 0 aliphatic carbocycles. The Morgan fingerprint density at radius 1 is 0.938 bits per heavy atom. The minimum Gasteiger partial charge on any atom is -0.322 e. The van der Waals surface area contributed by atoms with Gasteiger partial charge in [0.05, 0.1) is 10.5 Å². The van der Waals surface area contributed by atoms with Crippen LogP contribution in [-0.4, -0.2) is 24.3 Å². The fraction of sp³-hybridized carbons (Fsp3) is 0.0455. The van der Waals surface area contributed by atoms with Crippen molar-refractivity contribution in [2.24, 2.45) is 0 Å². The fourth-order valence-electron chi connectivity index (χ4n) is 2.77. The van der Waals surface area contributed by atoms with Crippen LogP contribution in [0.4, 0.5) is 11.6 Å². The molecule has 32 heavy (non-hydrogen) atoms. The number of hydrogen-bond acceptors (Lipinski definition) is 7. The number of anilines is 2. The second-order valence-corrected chi connectivity index (χ2v) is 10.3. The van der Waals surface area contributed by atoms with E-state index >= 15 is 0 Å². The Kier molecular flexibility index (Phi) is 6.84. The van der Waals surface area contributed by atoms with Crippen LogP contribution in [0.3, 0.4) is 0 Å². The molecule has 0 aliphatic rings. The number of thioether (sulfide) groups is 1. The molecule has 0 atom stereocenters. The van der Waals surface area contributed by atoms with Gasteiger partial charge in [0, 0.05) is 33.6 Å². The normalized spacial score (nSPS) is 11.1. The lowest BCUT2D eigenvalue weighted by Crippen LogP contribution is -2.15. The summed E-state index contributed by atoms with van der Waals surface area (Å²) in [6.07, 6.45) is 2.89. The molecule has 2 aromatic heterocycles. The average molecular weight is 483 g/mol. The van der Waals surface area contributed by atoms with Crippen LogP contribution in [0.2, 0.25) is 0 Å². The lowest BCUT2D eigenvalue weighted by Gasteiger charge is -2.11. The maximum atomic E-state index is 12.9. The van der Waals surface area contributed by atoms with E-state index in [0.29, 0.717) is 11.3 Å². The molecule has 4 aromatic rings. The van der Waals surface area contributed by atoms with Crippen LogP contribution in [0.25, 0.3) is 0 Å². The topological polar surface area (TPSA) is 101 Å². The molecule has 0 saturated carbocycles. The fourth-order valence-corrected chi connectivity index (χ4v) is 5.55. The van der Waals surface area contributed by atoms with Gasteiger partial charge in [-0.1, -0.05) is 18.2 Å². The maximum absolute atomic E-state index is 12.9. The van der Waals surface area contributed by atoms with Crippen molar-refractivity contribution in [3.05, 3.63) is 94.9 Å². The predicted octanol–water partition coefficient (Wildman–Crippen LogP) is 4.88. The quantitative estimate of drug-likeness (QED) is 0.347. The van der Waals surface area contributed by atoms with Crippen molar-refractivity contribution < 1.29 is 13.2 Å². The van der Waals surface area contributed by atoms with E-state index in [1.54, 1.807) is 47.4 Å². The molecular formula is C22H18N4O3S3. The van der Waals surface area contributed by atoms with E-state index in [9.17, 15) is 13.2 Å². The number of amides is 1. The lowest BCUT2D eigenvalue weighted by molar-refractivity contribution is 0.102. The number of hydrogen-bond donors (Lipinski definition) is 2. The van der Waals surface area contributed by atoms with Crippen molar-refractivity contribution in [3.63, 3.8) is 0 Å². The maximum Gasteiger partial charge on any atom is 0.264 e. The van der Waals surface area contributed by atoms with E-state index in [1.165, 1.54) is 29.4 Å². The van der Waals surface area contributed by atoms with Crippen molar-refractivity contribution >= 4 is 50.7 Å². The first kappa shape index (κ1) is 22.0. The van der Waals surface area contributed by atoms with Crippen LogP contribution in [0.1, 0.15) is 15.2 Å². The first-order chi connectivity index (χ1) is 15.5. The highest BCUT2D eigenvalue weighted by Crippen LogP contribution is 2.28. The Balaban J connectivity index is 1.44. The van der Waals surface area contributed by atoms with Crippen LogP contribution in [-0.2, 0) is 15.8 Å². The zero-order valence-electron chi connectivity index (χ0n) is 16.6. The standard InChI is InChI=1S/C22H18N4O3S3/c27-21(19-6-1-2-7-20(19)31-15-17-5-3-14-30-17)25-16-8-10-18(11-9-16)32(28,29)26-22-23-12-4-13-24-22/h1-14H,15H2,(H,25,27)(H,23,24,26). The molecule has 7 nitrogen and oxygen atoms in total. The van der Waals surface area contributed by atoms with Gasteiger partial charge in [-0.05, 0) is 53.9 Å². The van der Waals surface area contributed by atoms with Gasteiger partial charge < -0.3 is 5.32 Å². The molecule has 162 valence electrons. The Hall–Kier alpha value is -3.21. The smallest absolute Gasteiger partial charge is 0.264 e. The molecule has 2 aromatic carbocycles. The second kappa shape index (κ2) is 9.94. The summed E-state index contributed by atoms with van der Waals surface area (Å²) in [4.78, 5) is 22.7. The molecule has 0 unspecified atom stereocenters. The molecule has 0 bridgehead atoms. The third kappa shape index (κ3) is 5.52. The van der Waals surface area contributed by atoms with E-state index in [1.807, 2.05) is 29.6 Å². The number of benzene rings is 2. The van der Waals surface area contributed by atoms with Gasteiger partial charge in [0.25, 0.3) is 15.9 Å². The molecule has 0 radical (unpaired) electrons. The second-order valence-electron chi connectivity index (χ2n) is 6.52. The predicted molar refractivity (Wildman–Crippen MR) is 128 cm³/mol. The SMILES string of the molecule is O=C(Nc1ccc(S(=O)(=O)Nc2ncccn2)cc1)c1ccccc1SCc1cccs1. The average Bonchev–Trinajstić information content (AvgIpc) is 3.32. The molecule has 2 heterocycles. The van der Waals surface area contributed by atoms with Gasteiger partial charge in [-0.25, -0.2) is 23.1 Å². The van der Waals surface area contributed by atoms with E-state index in [-0.39, 0.29) is 16.8 Å². The zero-order chi connectivity index (χ0) is 22.4. The highest BCUT2D eigenvalue weighted by molar-refractivity contribution is 7.98. The van der Waals surface area contributed by atoms with Gasteiger partial charge >= 0.3 is 0 Å². The number of sulfonamides is 1. The molecule has 0 fully saturated rings. The third-order valence-corrected chi connectivity index (χ3v) is 7.82. The van der Waals surface area contributed by atoms with E-state index in [0.717, 1.165) is 10.6 Å². The molecule has 0 saturated heterocycles. The van der Waals surface area contributed by atoms with Crippen LogP contribution < -0.4 is 10.0 Å². The van der Waals surface area contributed by atoms with E-state index < -0.39 is 10.0 Å². The van der Waals surface area contributed by atoms with Crippen molar-refractivity contribution in [2.75, 3.05) is 10.0 Å². The first-order valence-electron chi connectivity index (χ1n) is 9.47. The number of thiophene rings is 1. The van der Waals surface area contributed by atoms with Gasteiger partial charge in [0.1, 0.15) is 0 Å². The Morgan fingerprint density at radius 3 is 2.41 bits per heavy atom. The summed E-state index contributed by atoms with van der Waals surface area (Å²) in [6, 6.07) is 19.0. The molecule has 10 heteroatoms. The minimum atomic E-state index is -3.84. The van der Waals surface area contributed by atoms with Crippen LogP contribution in [0.15, 0.2) is 94.3 Å². The summed E-state index contributed by atoms with van der Waals surface area (Å²) >= 11 is 3.28. The molecule has 0 spiro atoms. The van der Waals surface area contributed by atoms with Gasteiger partial charge in [-0.2, -0.15) is 0 Å². The Morgan fingerprint density at radius 2 is 1.69 bits per heavy atom. The number of nitrogens with one attached hydrogen (secondary N) is 2. The molecule has 1 amide bonds. The summed E-state index contributed by atoms with van der Waals surface area (Å²) < 4.78 is 27.3. The van der Waals surface area contributed by atoms with Crippen LogP contribution in [0, 0.1) is 0 Å². The van der Waals surface area contributed by atoms with Crippen molar-refractivity contribution in [2.45, 2.75) is 15.5 Å². The first-order valence-corrected chi connectivity index (χ1v) is 12.8. The molecule has 0 aliphatic heterocycles. The van der Waals surface area contributed by atoms with Crippen LogP contribution >= 0.6 is 23.1 Å². The number of carbonyl (C=O) groups is 1. The summed E-state index contributed by atoms with van der Waals surface area (Å²) in [6.45, 7) is 0. The number of carbonyl (C=O) groups excluding carboxylic acids is 1. The third-order valence-electron chi connectivity index (χ3n) is 4.30. The van der Waals surface area contributed by atoms with E-state index in [2.05, 4.69) is 26.1 Å². The lowest BCUT2D eigenvalue weighted by atomic mass is 10.2. The van der Waals surface area contributed by atoms with Crippen molar-refractivity contribution in [3.8, 4) is 0 Å². The number of rotatable bonds is 8. The Labute approximate surface area is 194 Å². The minimum absolute atomic E-state index is 0.0125. The summed E-state index contributed by atoms with van der Waals surface area (Å²) in [5, 5.41) is 4.86. The highest BCUT2D eigenvalue weighted by atomic mass is 32.2. The Bertz CT molecular complexity index is 1290. The van der Waals surface area contributed by atoms with Gasteiger partial charge in [-0.3, -0.25) is 4.79 Å². The molecular weight excluding hydrogens is 464 g/mol. The van der Waals surface area contributed by atoms with Gasteiger partial charge in [0.2, 0.25) is 5.95 Å². The summed E-state index contributed by atoms with van der Waals surface area (Å²) in [5.74, 6) is 0.513. The van der Waals surface area contributed by atoms with Gasteiger partial charge in [0.15, 0.2) is 0 Å². The number of aromatic nitrogens is 2. The van der Waals surface area contributed by atoms with Gasteiger partial charge in [-0.15, -0.1) is 23.1 Å². The van der Waals surface area contributed by atoms with E-state index in [4.69, 9.17) is 0 Å². The highest BCUT2D eigenvalue weighted by Gasteiger charge is 2.16.